The van der Waals surface area contributed by atoms with Crippen LogP contribution in [-0.2, 0) is 6.54 Å². The number of aromatic nitrogens is 1. The van der Waals surface area contributed by atoms with Gasteiger partial charge in [0.1, 0.15) is 5.82 Å². The van der Waals surface area contributed by atoms with Crippen molar-refractivity contribution in [2.45, 2.75) is 20.4 Å². The Kier molecular flexibility index (Phi) is 6.09. The maximum Gasteiger partial charge on any atom is 0.131 e. The Balaban J connectivity index is 2.66. The van der Waals surface area contributed by atoms with Crippen LogP contribution in [0.4, 0.5) is 5.82 Å². The van der Waals surface area contributed by atoms with Gasteiger partial charge in [-0.3, -0.25) is 0 Å². The van der Waals surface area contributed by atoms with Crippen molar-refractivity contribution in [1.29, 1.82) is 0 Å². The van der Waals surface area contributed by atoms with Crippen molar-refractivity contribution < 1.29 is 0 Å². The van der Waals surface area contributed by atoms with Crippen molar-refractivity contribution in [2.75, 3.05) is 45.7 Å². The summed E-state index contributed by atoms with van der Waals surface area (Å²) in [5.74, 6) is 1.08. The molecule has 102 valence electrons. The molecule has 0 spiro atoms. The summed E-state index contributed by atoms with van der Waals surface area (Å²) in [7, 11) is 6.28. The van der Waals surface area contributed by atoms with Crippen molar-refractivity contribution in [3.05, 3.63) is 23.4 Å². The highest BCUT2D eigenvalue weighted by Crippen LogP contribution is 2.16. The highest BCUT2D eigenvalue weighted by molar-refractivity contribution is 5.46. The minimum Gasteiger partial charge on any atom is -0.358 e. The SMILES string of the molecule is CCNCc1cnc(N(C)CCN(C)C)c(C)c1. The van der Waals surface area contributed by atoms with Crippen molar-refractivity contribution in [2.24, 2.45) is 0 Å². The molecule has 1 rings (SSSR count). The number of pyridine rings is 1. The van der Waals surface area contributed by atoms with Crippen molar-refractivity contribution in [1.82, 2.24) is 15.2 Å². The van der Waals surface area contributed by atoms with Gasteiger partial charge in [0.05, 0.1) is 0 Å². The molecule has 0 bridgehead atoms. The average molecular weight is 250 g/mol. The lowest BCUT2D eigenvalue weighted by Gasteiger charge is -2.22. The molecular formula is C14H26N4. The maximum atomic E-state index is 4.58. The number of nitrogens with one attached hydrogen (secondary N) is 1. The summed E-state index contributed by atoms with van der Waals surface area (Å²) >= 11 is 0. The maximum absolute atomic E-state index is 4.58. The Hall–Kier alpha value is -1.13. The van der Waals surface area contributed by atoms with E-state index in [9.17, 15) is 0 Å². The Morgan fingerprint density at radius 2 is 1.94 bits per heavy atom. The summed E-state index contributed by atoms with van der Waals surface area (Å²) < 4.78 is 0. The number of nitrogens with zero attached hydrogens (tertiary/aromatic N) is 3. The zero-order valence-corrected chi connectivity index (χ0v) is 12.3. The minimum atomic E-state index is 0.895. The van der Waals surface area contributed by atoms with Crippen LogP contribution in [0.15, 0.2) is 12.3 Å². The van der Waals surface area contributed by atoms with E-state index in [2.05, 4.69) is 61.2 Å². The Bertz CT molecular complexity index is 363. The lowest BCUT2D eigenvalue weighted by molar-refractivity contribution is 0.416. The van der Waals surface area contributed by atoms with E-state index in [4.69, 9.17) is 0 Å². The fourth-order valence-corrected chi connectivity index (χ4v) is 1.85. The van der Waals surface area contributed by atoms with Gasteiger partial charge in [0.25, 0.3) is 0 Å². The summed E-state index contributed by atoms with van der Waals surface area (Å²) in [6.45, 7) is 8.16. The molecule has 1 aromatic heterocycles. The monoisotopic (exact) mass is 250 g/mol. The lowest BCUT2D eigenvalue weighted by atomic mass is 10.2. The average Bonchev–Trinajstić information content (AvgIpc) is 2.33. The summed E-state index contributed by atoms with van der Waals surface area (Å²) in [6, 6.07) is 2.22. The molecule has 4 nitrogen and oxygen atoms in total. The Labute approximate surface area is 111 Å². The number of likely N-dealkylation sites (N-methyl/N-ethyl adjacent to an activating group) is 2. The van der Waals surface area contributed by atoms with E-state index in [-0.39, 0.29) is 0 Å². The van der Waals surface area contributed by atoms with E-state index in [1.807, 2.05) is 6.20 Å². The smallest absolute Gasteiger partial charge is 0.131 e. The molecule has 0 aliphatic heterocycles. The van der Waals surface area contributed by atoms with E-state index in [1.54, 1.807) is 0 Å². The van der Waals surface area contributed by atoms with E-state index < -0.39 is 0 Å². The molecular weight excluding hydrogens is 224 g/mol. The van der Waals surface area contributed by atoms with Crippen LogP contribution >= 0.6 is 0 Å². The summed E-state index contributed by atoms with van der Waals surface area (Å²) in [4.78, 5) is 8.98. The van der Waals surface area contributed by atoms with Crippen LogP contribution in [0.5, 0.6) is 0 Å². The van der Waals surface area contributed by atoms with Gasteiger partial charge < -0.3 is 15.1 Å². The molecule has 4 heteroatoms. The van der Waals surface area contributed by atoms with Gasteiger partial charge in [0.2, 0.25) is 0 Å². The summed E-state index contributed by atoms with van der Waals surface area (Å²) in [5, 5.41) is 3.32. The summed E-state index contributed by atoms with van der Waals surface area (Å²) in [5.41, 5.74) is 2.49. The van der Waals surface area contributed by atoms with Crippen LogP contribution < -0.4 is 10.2 Å². The highest BCUT2D eigenvalue weighted by Gasteiger charge is 2.07. The second-order valence-electron chi connectivity index (χ2n) is 4.99. The lowest BCUT2D eigenvalue weighted by Crippen LogP contribution is -2.29. The van der Waals surface area contributed by atoms with Gasteiger partial charge in [0, 0.05) is 32.9 Å². The predicted molar refractivity (Wildman–Crippen MR) is 78.2 cm³/mol. The van der Waals surface area contributed by atoms with Gasteiger partial charge in [-0.05, 0) is 44.8 Å². The fourth-order valence-electron chi connectivity index (χ4n) is 1.85. The third-order valence-corrected chi connectivity index (χ3v) is 2.93. The molecule has 0 amide bonds. The highest BCUT2D eigenvalue weighted by atomic mass is 15.2. The third kappa shape index (κ3) is 4.63. The van der Waals surface area contributed by atoms with E-state index >= 15 is 0 Å². The quantitative estimate of drug-likeness (QED) is 0.794. The zero-order chi connectivity index (χ0) is 13.5. The normalized spacial score (nSPS) is 11.0. The first-order valence-corrected chi connectivity index (χ1v) is 6.56. The van der Waals surface area contributed by atoms with Gasteiger partial charge in [0.15, 0.2) is 0 Å². The second kappa shape index (κ2) is 7.34. The van der Waals surface area contributed by atoms with E-state index in [1.165, 1.54) is 11.1 Å². The first kappa shape index (κ1) is 14.9. The van der Waals surface area contributed by atoms with Crippen LogP contribution in [0.25, 0.3) is 0 Å². The van der Waals surface area contributed by atoms with Gasteiger partial charge >= 0.3 is 0 Å². The first-order chi connectivity index (χ1) is 8.54. The topological polar surface area (TPSA) is 31.4 Å². The Morgan fingerprint density at radius 3 is 2.50 bits per heavy atom. The first-order valence-electron chi connectivity index (χ1n) is 6.56. The number of rotatable bonds is 7. The van der Waals surface area contributed by atoms with Crippen molar-refractivity contribution in [3.63, 3.8) is 0 Å². The zero-order valence-electron chi connectivity index (χ0n) is 12.3. The van der Waals surface area contributed by atoms with Gasteiger partial charge in [-0.2, -0.15) is 0 Å². The van der Waals surface area contributed by atoms with Crippen LogP contribution in [0.1, 0.15) is 18.1 Å². The van der Waals surface area contributed by atoms with Gasteiger partial charge in [-0.25, -0.2) is 4.98 Å². The molecule has 0 saturated heterocycles. The molecule has 0 atom stereocenters. The number of hydrogen-bond acceptors (Lipinski definition) is 4. The molecule has 0 aromatic carbocycles. The third-order valence-electron chi connectivity index (χ3n) is 2.93. The molecule has 0 aliphatic carbocycles. The van der Waals surface area contributed by atoms with Crippen LogP contribution in [0.3, 0.4) is 0 Å². The van der Waals surface area contributed by atoms with E-state index in [0.717, 1.165) is 32.0 Å². The molecule has 0 aliphatic rings. The standard InChI is InChI=1S/C14H26N4/c1-6-15-10-13-9-12(2)14(16-11-13)18(5)8-7-17(3)4/h9,11,15H,6-8,10H2,1-5H3. The molecule has 1 aromatic rings. The number of anilines is 1. The van der Waals surface area contributed by atoms with Crippen LogP contribution in [-0.4, -0.2) is 50.7 Å². The van der Waals surface area contributed by atoms with Crippen LogP contribution in [0, 0.1) is 6.92 Å². The molecule has 0 saturated carbocycles. The second-order valence-corrected chi connectivity index (χ2v) is 4.99. The fraction of sp³-hybridized carbons (Fsp3) is 0.643. The molecule has 1 heterocycles. The number of hydrogen-bond donors (Lipinski definition) is 1. The molecule has 0 radical (unpaired) electrons. The van der Waals surface area contributed by atoms with Crippen LogP contribution in [0.2, 0.25) is 0 Å². The van der Waals surface area contributed by atoms with Crippen molar-refractivity contribution in [3.8, 4) is 0 Å². The Morgan fingerprint density at radius 1 is 1.22 bits per heavy atom. The molecule has 0 fully saturated rings. The largest absolute Gasteiger partial charge is 0.358 e. The predicted octanol–water partition coefficient (Wildman–Crippen LogP) is 1.50. The number of aryl methyl sites for hydroxylation is 1. The van der Waals surface area contributed by atoms with Crippen molar-refractivity contribution >= 4 is 5.82 Å². The van der Waals surface area contributed by atoms with Gasteiger partial charge in [-0.15, -0.1) is 0 Å². The molecule has 1 N–H and O–H groups in total. The summed E-state index contributed by atoms with van der Waals surface area (Å²) in [6.07, 6.45) is 1.97. The molecule has 0 unspecified atom stereocenters. The minimum absolute atomic E-state index is 0.895. The molecule has 18 heavy (non-hydrogen) atoms. The van der Waals surface area contributed by atoms with E-state index in [0.29, 0.717) is 0 Å². The van der Waals surface area contributed by atoms with Gasteiger partial charge in [-0.1, -0.05) is 6.92 Å².